The maximum Gasteiger partial charge on any atom is 0.315 e. The fourth-order valence-electron chi connectivity index (χ4n) is 2.75. The summed E-state index contributed by atoms with van der Waals surface area (Å²) in [5.74, 6) is 1.25. The van der Waals surface area contributed by atoms with Crippen LogP contribution in [0.3, 0.4) is 0 Å². The fraction of sp³-hybridized carbons (Fsp3) is 0.588. The molecule has 1 aliphatic carbocycles. The molecule has 3 unspecified atom stereocenters. The number of urea groups is 1. The Morgan fingerprint density at radius 2 is 2.27 bits per heavy atom. The van der Waals surface area contributed by atoms with Crippen molar-refractivity contribution in [3.05, 3.63) is 29.8 Å². The van der Waals surface area contributed by atoms with Crippen molar-refractivity contribution in [2.75, 3.05) is 13.2 Å². The van der Waals surface area contributed by atoms with Crippen LogP contribution in [0.25, 0.3) is 0 Å². The SMILES string of the molecule is Cc1cccc(OCC(O)CNC(=O)NC2CCCC2C)c1. The summed E-state index contributed by atoms with van der Waals surface area (Å²) in [6, 6.07) is 7.69. The van der Waals surface area contributed by atoms with Crippen molar-refractivity contribution in [3.63, 3.8) is 0 Å². The number of hydrogen-bond donors (Lipinski definition) is 3. The van der Waals surface area contributed by atoms with Gasteiger partial charge in [-0.2, -0.15) is 0 Å². The highest BCUT2D eigenvalue weighted by molar-refractivity contribution is 5.74. The van der Waals surface area contributed by atoms with Gasteiger partial charge in [0.15, 0.2) is 0 Å². The van der Waals surface area contributed by atoms with Gasteiger partial charge in [-0.1, -0.05) is 25.5 Å². The molecule has 2 amide bonds. The second-order valence-corrected chi connectivity index (χ2v) is 6.15. The average Bonchev–Trinajstić information content (AvgIpc) is 2.88. The van der Waals surface area contributed by atoms with Crippen LogP contribution in [0.2, 0.25) is 0 Å². The average molecular weight is 306 g/mol. The van der Waals surface area contributed by atoms with Crippen molar-refractivity contribution in [1.29, 1.82) is 0 Å². The minimum atomic E-state index is -0.729. The molecule has 0 saturated heterocycles. The van der Waals surface area contributed by atoms with E-state index in [2.05, 4.69) is 17.6 Å². The summed E-state index contributed by atoms with van der Waals surface area (Å²) < 4.78 is 5.51. The first-order chi connectivity index (χ1) is 10.5. The van der Waals surface area contributed by atoms with E-state index in [1.807, 2.05) is 31.2 Å². The standard InChI is InChI=1S/C17H26N2O3/c1-12-5-3-7-15(9-12)22-11-14(20)10-18-17(21)19-16-8-4-6-13(16)2/h3,5,7,9,13-14,16,20H,4,6,8,10-11H2,1-2H3,(H2,18,19,21). The maximum atomic E-state index is 11.8. The first kappa shape index (κ1) is 16.6. The number of benzene rings is 1. The molecule has 0 aliphatic heterocycles. The zero-order chi connectivity index (χ0) is 15.9. The normalized spacial score (nSPS) is 22.1. The number of aryl methyl sites for hydroxylation is 1. The predicted molar refractivity (Wildman–Crippen MR) is 86.0 cm³/mol. The van der Waals surface area contributed by atoms with Crippen LogP contribution in [0.15, 0.2) is 24.3 Å². The first-order valence-corrected chi connectivity index (χ1v) is 7.96. The van der Waals surface area contributed by atoms with E-state index in [-0.39, 0.29) is 25.2 Å². The molecule has 0 heterocycles. The Kier molecular flexibility index (Phi) is 6.07. The molecule has 0 aromatic heterocycles. The number of hydrogen-bond acceptors (Lipinski definition) is 3. The van der Waals surface area contributed by atoms with Crippen molar-refractivity contribution in [1.82, 2.24) is 10.6 Å². The molecule has 3 N–H and O–H groups in total. The van der Waals surface area contributed by atoms with E-state index >= 15 is 0 Å². The Bertz CT molecular complexity index is 493. The Morgan fingerprint density at radius 3 is 2.95 bits per heavy atom. The van der Waals surface area contributed by atoms with Gasteiger partial charge in [0.2, 0.25) is 0 Å². The Balaban J connectivity index is 1.64. The number of nitrogens with one attached hydrogen (secondary N) is 2. The van der Waals surface area contributed by atoms with Crippen LogP contribution in [0.1, 0.15) is 31.7 Å². The fourth-order valence-corrected chi connectivity index (χ4v) is 2.75. The monoisotopic (exact) mass is 306 g/mol. The minimum Gasteiger partial charge on any atom is -0.491 e. The number of carbonyl (C=O) groups is 1. The lowest BCUT2D eigenvalue weighted by atomic mass is 10.1. The number of aliphatic hydroxyl groups excluding tert-OH is 1. The van der Waals surface area contributed by atoms with E-state index in [4.69, 9.17) is 4.74 Å². The van der Waals surface area contributed by atoms with Gasteiger partial charge >= 0.3 is 6.03 Å². The van der Waals surface area contributed by atoms with Crippen LogP contribution in [-0.4, -0.2) is 36.4 Å². The molecule has 2 rings (SSSR count). The molecule has 122 valence electrons. The van der Waals surface area contributed by atoms with Crippen molar-refractivity contribution in [3.8, 4) is 5.75 Å². The molecule has 1 saturated carbocycles. The highest BCUT2D eigenvalue weighted by Crippen LogP contribution is 2.24. The van der Waals surface area contributed by atoms with Crippen LogP contribution in [0.4, 0.5) is 4.79 Å². The van der Waals surface area contributed by atoms with E-state index in [9.17, 15) is 9.90 Å². The van der Waals surface area contributed by atoms with E-state index in [1.54, 1.807) is 0 Å². The highest BCUT2D eigenvalue weighted by atomic mass is 16.5. The van der Waals surface area contributed by atoms with E-state index < -0.39 is 6.10 Å². The summed E-state index contributed by atoms with van der Waals surface area (Å²) in [4.78, 5) is 11.8. The number of amides is 2. The zero-order valence-corrected chi connectivity index (χ0v) is 13.3. The molecule has 3 atom stereocenters. The van der Waals surface area contributed by atoms with Gasteiger partial charge in [-0.05, 0) is 43.4 Å². The molecule has 0 spiro atoms. The Hall–Kier alpha value is -1.75. The number of carbonyl (C=O) groups excluding carboxylic acids is 1. The van der Waals surface area contributed by atoms with E-state index in [1.165, 1.54) is 6.42 Å². The first-order valence-electron chi connectivity index (χ1n) is 7.96. The summed E-state index contributed by atoms with van der Waals surface area (Å²) in [6.45, 7) is 4.48. The molecular formula is C17H26N2O3. The molecule has 5 heteroatoms. The Labute approximate surface area is 132 Å². The quantitative estimate of drug-likeness (QED) is 0.755. The van der Waals surface area contributed by atoms with Gasteiger partial charge in [-0.15, -0.1) is 0 Å². The number of rotatable bonds is 6. The lowest BCUT2D eigenvalue weighted by Gasteiger charge is -2.19. The minimum absolute atomic E-state index is 0.156. The third-order valence-corrected chi connectivity index (χ3v) is 4.11. The molecule has 0 radical (unpaired) electrons. The van der Waals surface area contributed by atoms with Crippen LogP contribution in [0, 0.1) is 12.8 Å². The van der Waals surface area contributed by atoms with Crippen molar-refractivity contribution in [2.24, 2.45) is 5.92 Å². The van der Waals surface area contributed by atoms with Crippen LogP contribution < -0.4 is 15.4 Å². The van der Waals surface area contributed by atoms with Gasteiger partial charge in [0.05, 0.1) is 0 Å². The number of ether oxygens (including phenoxy) is 1. The third kappa shape index (κ3) is 5.22. The summed E-state index contributed by atoms with van der Waals surface area (Å²) in [5.41, 5.74) is 1.11. The van der Waals surface area contributed by atoms with Crippen LogP contribution >= 0.6 is 0 Å². The van der Waals surface area contributed by atoms with Gasteiger partial charge < -0.3 is 20.5 Å². The second-order valence-electron chi connectivity index (χ2n) is 6.15. The van der Waals surface area contributed by atoms with Gasteiger partial charge in [0.1, 0.15) is 18.5 Å². The molecule has 1 aromatic carbocycles. The largest absolute Gasteiger partial charge is 0.491 e. The molecule has 1 fully saturated rings. The lowest BCUT2D eigenvalue weighted by molar-refractivity contribution is 0.107. The Morgan fingerprint density at radius 1 is 1.45 bits per heavy atom. The summed E-state index contributed by atoms with van der Waals surface area (Å²) in [5, 5.41) is 15.5. The maximum absolute atomic E-state index is 11.8. The molecule has 1 aromatic rings. The van der Waals surface area contributed by atoms with Gasteiger partial charge in [-0.25, -0.2) is 4.79 Å². The predicted octanol–water partition coefficient (Wildman–Crippen LogP) is 2.22. The van der Waals surface area contributed by atoms with Crippen LogP contribution in [-0.2, 0) is 0 Å². The van der Waals surface area contributed by atoms with E-state index in [0.717, 1.165) is 24.2 Å². The number of aliphatic hydroxyl groups is 1. The van der Waals surface area contributed by atoms with Crippen molar-refractivity contribution in [2.45, 2.75) is 45.3 Å². The smallest absolute Gasteiger partial charge is 0.315 e. The molecule has 5 nitrogen and oxygen atoms in total. The summed E-state index contributed by atoms with van der Waals surface area (Å²) >= 11 is 0. The van der Waals surface area contributed by atoms with Gasteiger partial charge in [-0.3, -0.25) is 0 Å². The summed E-state index contributed by atoms with van der Waals surface area (Å²) in [7, 11) is 0. The van der Waals surface area contributed by atoms with E-state index in [0.29, 0.717) is 5.92 Å². The van der Waals surface area contributed by atoms with Crippen molar-refractivity contribution >= 4 is 6.03 Å². The molecule has 22 heavy (non-hydrogen) atoms. The highest BCUT2D eigenvalue weighted by Gasteiger charge is 2.24. The second kappa shape index (κ2) is 8.03. The lowest BCUT2D eigenvalue weighted by Crippen LogP contribution is -2.46. The van der Waals surface area contributed by atoms with Gasteiger partial charge in [0, 0.05) is 12.6 Å². The van der Waals surface area contributed by atoms with Crippen molar-refractivity contribution < 1.29 is 14.6 Å². The molecule has 0 bridgehead atoms. The van der Waals surface area contributed by atoms with Gasteiger partial charge in [0.25, 0.3) is 0 Å². The summed E-state index contributed by atoms with van der Waals surface area (Å²) in [6.07, 6.45) is 2.64. The molecule has 1 aliphatic rings. The third-order valence-electron chi connectivity index (χ3n) is 4.11. The topological polar surface area (TPSA) is 70.6 Å². The zero-order valence-electron chi connectivity index (χ0n) is 13.3. The molecular weight excluding hydrogens is 280 g/mol. The van der Waals surface area contributed by atoms with Crippen LogP contribution in [0.5, 0.6) is 5.75 Å².